The minimum atomic E-state index is 0.306. The van der Waals surface area contributed by atoms with Gasteiger partial charge in [-0.15, -0.1) is 0 Å². The zero-order valence-electron chi connectivity index (χ0n) is 15.4. The molecule has 1 unspecified atom stereocenters. The van der Waals surface area contributed by atoms with Gasteiger partial charge in [-0.2, -0.15) is 5.10 Å². The molecule has 0 aliphatic heterocycles. The first-order valence-corrected chi connectivity index (χ1v) is 8.44. The second-order valence-electron chi connectivity index (χ2n) is 6.28. The summed E-state index contributed by atoms with van der Waals surface area (Å²) >= 11 is 0. The van der Waals surface area contributed by atoms with Gasteiger partial charge in [0.1, 0.15) is 5.75 Å². The fraction of sp³-hybridized carbons (Fsp3) is 0.286. The van der Waals surface area contributed by atoms with Crippen LogP contribution in [0.3, 0.4) is 0 Å². The molecule has 0 spiro atoms. The SMILES string of the molecule is COc1ccc(C=CC(=NNc2ccccc2)C(C)CN(C)C)cc1. The summed E-state index contributed by atoms with van der Waals surface area (Å²) in [5.74, 6) is 1.17. The summed E-state index contributed by atoms with van der Waals surface area (Å²) in [5.41, 5.74) is 6.26. The fourth-order valence-electron chi connectivity index (χ4n) is 2.49. The molecule has 0 saturated heterocycles. The van der Waals surface area contributed by atoms with E-state index in [-0.39, 0.29) is 0 Å². The van der Waals surface area contributed by atoms with Crippen LogP contribution in [0.1, 0.15) is 12.5 Å². The second-order valence-corrected chi connectivity index (χ2v) is 6.28. The number of ether oxygens (including phenoxy) is 1. The molecule has 0 aromatic heterocycles. The molecular weight excluding hydrogens is 310 g/mol. The van der Waals surface area contributed by atoms with Gasteiger partial charge in [-0.3, -0.25) is 5.43 Å². The number of anilines is 1. The van der Waals surface area contributed by atoms with Crippen molar-refractivity contribution >= 4 is 17.5 Å². The predicted octanol–water partition coefficient (Wildman–Crippen LogP) is 4.37. The average molecular weight is 337 g/mol. The van der Waals surface area contributed by atoms with E-state index in [1.165, 1.54) is 0 Å². The third-order valence-electron chi connectivity index (χ3n) is 3.79. The summed E-state index contributed by atoms with van der Waals surface area (Å²) < 4.78 is 5.20. The molecule has 0 amide bonds. The summed E-state index contributed by atoms with van der Waals surface area (Å²) in [7, 11) is 5.83. The van der Waals surface area contributed by atoms with E-state index in [9.17, 15) is 0 Å². The van der Waals surface area contributed by atoms with Crippen LogP contribution in [-0.4, -0.2) is 38.4 Å². The Hall–Kier alpha value is -2.59. The zero-order chi connectivity index (χ0) is 18.1. The monoisotopic (exact) mass is 337 g/mol. The van der Waals surface area contributed by atoms with Crippen LogP contribution < -0.4 is 10.2 Å². The van der Waals surface area contributed by atoms with Gasteiger partial charge >= 0.3 is 0 Å². The average Bonchev–Trinajstić information content (AvgIpc) is 2.62. The minimum Gasteiger partial charge on any atom is -0.497 e. The van der Waals surface area contributed by atoms with Crippen LogP contribution in [0.15, 0.2) is 65.8 Å². The lowest BCUT2D eigenvalue weighted by Gasteiger charge is -2.17. The highest BCUT2D eigenvalue weighted by atomic mass is 16.5. The number of allylic oxidation sites excluding steroid dienone is 1. The Balaban J connectivity index is 2.16. The Morgan fingerprint density at radius 2 is 1.80 bits per heavy atom. The maximum absolute atomic E-state index is 5.20. The molecule has 1 N–H and O–H groups in total. The van der Waals surface area contributed by atoms with Crippen LogP contribution in [0, 0.1) is 5.92 Å². The number of hydrazone groups is 1. The van der Waals surface area contributed by atoms with Crippen molar-refractivity contribution in [3.05, 3.63) is 66.2 Å². The predicted molar refractivity (Wildman–Crippen MR) is 107 cm³/mol. The summed E-state index contributed by atoms with van der Waals surface area (Å²) in [4.78, 5) is 2.17. The molecule has 1 atom stereocenters. The third kappa shape index (κ3) is 6.43. The van der Waals surface area contributed by atoms with Crippen molar-refractivity contribution in [1.82, 2.24) is 4.90 Å². The van der Waals surface area contributed by atoms with Crippen LogP contribution >= 0.6 is 0 Å². The van der Waals surface area contributed by atoms with Crippen LogP contribution in [0.4, 0.5) is 5.69 Å². The Morgan fingerprint density at radius 1 is 1.12 bits per heavy atom. The lowest BCUT2D eigenvalue weighted by Crippen LogP contribution is -2.25. The van der Waals surface area contributed by atoms with Gasteiger partial charge in [-0.05, 0) is 50.0 Å². The smallest absolute Gasteiger partial charge is 0.118 e. The molecule has 2 aromatic carbocycles. The number of benzene rings is 2. The largest absolute Gasteiger partial charge is 0.497 e. The Bertz CT molecular complexity index is 691. The van der Waals surface area contributed by atoms with Crippen molar-refractivity contribution in [2.24, 2.45) is 11.0 Å². The number of hydrogen-bond donors (Lipinski definition) is 1. The molecule has 0 fully saturated rings. The van der Waals surface area contributed by atoms with Crippen molar-refractivity contribution in [1.29, 1.82) is 0 Å². The molecule has 2 aromatic rings. The standard InChI is InChI=1S/C21H27N3O/c1-17(16-24(2)3)21(23-22-19-8-6-5-7-9-19)15-12-18-10-13-20(25-4)14-11-18/h5-15,17,22H,16H2,1-4H3. The van der Waals surface area contributed by atoms with E-state index in [0.717, 1.165) is 29.3 Å². The van der Waals surface area contributed by atoms with Gasteiger partial charge in [-0.1, -0.05) is 43.3 Å². The fourth-order valence-corrected chi connectivity index (χ4v) is 2.49. The maximum Gasteiger partial charge on any atom is 0.118 e. The van der Waals surface area contributed by atoms with Crippen LogP contribution in [-0.2, 0) is 0 Å². The van der Waals surface area contributed by atoms with Gasteiger partial charge in [0, 0.05) is 12.5 Å². The molecule has 0 radical (unpaired) electrons. The Morgan fingerprint density at radius 3 is 2.40 bits per heavy atom. The van der Waals surface area contributed by atoms with Gasteiger partial charge in [-0.25, -0.2) is 0 Å². The van der Waals surface area contributed by atoms with Gasteiger partial charge in [0.2, 0.25) is 0 Å². The molecule has 0 bridgehead atoms. The first kappa shape index (κ1) is 18.7. The van der Waals surface area contributed by atoms with Crippen molar-refractivity contribution in [3.8, 4) is 5.75 Å². The van der Waals surface area contributed by atoms with Crippen LogP contribution in [0.5, 0.6) is 5.75 Å². The topological polar surface area (TPSA) is 36.9 Å². The number of rotatable bonds is 8. The molecular formula is C21H27N3O. The molecule has 0 saturated carbocycles. The Labute approximate surface area is 150 Å². The molecule has 132 valence electrons. The van der Waals surface area contributed by atoms with E-state index >= 15 is 0 Å². The van der Waals surface area contributed by atoms with Crippen molar-refractivity contribution in [2.75, 3.05) is 33.2 Å². The molecule has 2 rings (SSSR count). The minimum absolute atomic E-state index is 0.306. The molecule has 4 nitrogen and oxygen atoms in total. The molecule has 0 aliphatic rings. The first-order chi connectivity index (χ1) is 12.1. The molecule has 4 heteroatoms. The number of hydrogen-bond acceptors (Lipinski definition) is 4. The van der Waals surface area contributed by atoms with E-state index < -0.39 is 0 Å². The molecule has 0 aliphatic carbocycles. The zero-order valence-corrected chi connectivity index (χ0v) is 15.4. The lowest BCUT2D eigenvalue weighted by molar-refractivity contribution is 0.381. The quantitative estimate of drug-likeness (QED) is 0.574. The van der Waals surface area contributed by atoms with Crippen molar-refractivity contribution in [3.63, 3.8) is 0 Å². The van der Waals surface area contributed by atoms with E-state index in [1.807, 2.05) is 54.6 Å². The highest BCUT2D eigenvalue weighted by Crippen LogP contribution is 2.14. The number of nitrogens with one attached hydrogen (secondary N) is 1. The number of nitrogens with zero attached hydrogens (tertiary/aromatic N) is 2. The van der Waals surface area contributed by atoms with Crippen LogP contribution in [0.2, 0.25) is 0 Å². The van der Waals surface area contributed by atoms with E-state index in [1.54, 1.807) is 7.11 Å². The van der Waals surface area contributed by atoms with Gasteiger partial charge in [0.05, 0.1) is 18.5 Å². The Kier molecular flexibility index (Phi) is 7.23. The highest BCUT2D eigenvalue weighted by molar-refractivity contribution is 6.00. The first-order valence-electron chi connectivity index (χ1n) is 8.44. The third-order valence-corrected chi connectivity index (χ3v) is 3.79. The maximum atomic E-state index is 5.20. The van der Waals surface area contributed by atoms with Gasteiger partial charge in [0.25, 0.3) is 0 Å². The van der Waals surface area contributed by atoms with Crippen molar-refractivity contribution in [2.45, 2.75) is 6.92 Å². The highest BCUT2D eigenvalue weighted by Gasteiger charge is 2.09. The summed E-state index contributed by atoms with van der Waals surface area (Å²) in [6.07, 6.45) is 4.16. The number of para-hydroxylation sites is 1. The summed E-state index contributed by atoms with van der Waals surface area (Å²) in [5, 5.41) is 4.62. The van der Waals surface area contributed by atoms with E-state index in [0.29, 0.717) is 5.92 Å². The van der Waals surface area contributed by atoms with E-state index in [4.69, 9.17) is 4.74 Å². The number of methoxy groups -OCH3 is 1. The normalized spacial score (nSPS) is 13.2. The lowest BCUT2D eigenvalue weighted by atomic mass is 10.0. The molecule has 25 heavy (non-hydrogen) atoms. The summed E-state index contributed by atoms with van der Waals surface area (Å²) in [6.45, 7) is 3.12. The molecule has 0 heterocycles. The van der Waals surface area contributed by atoms with Crippen LogP contribution in [0.25, 0.3) is 6.08 Å². The second kappa shape index (κ2) is 9.64. The van der Waals surface area contributed by atoms with E-state index in [2.05, 4.69) is 48.6 Å². The van der Waals surface area contributed by atoms with Gasteiger partial charge < -0.3 is 9.64 Å². The summed E-state index contributed by atoms with van der Waals surface area (Å²) in [6, 6.07) is 18.0. The van der Waals surface area contributed by atoms with Crippen molar-refractivity contribution < 1.29 is 4.74 Å². The van der Waals surface area contributed by atoms with Gasteiger partial charge in [0.15, 0.2) is 0 Å².